The van der Waals surface area contributed by atoms with Crippen molar-refractivity contribution in [2.24, 2.45) is 0 Å². The van der Waals surface area contributed by atoms with Crippen molar-refractivity contribution in [1.29, 1.82) is 0 Å². The fraction of sp³-hybridized carbons (Fsp3) is 0.333. The second-order valence-corrected chi connectivity index (χ2v) is 4.43. The van der Waals surface area contributed by atoms with Crippen LogP contribution in [-0.2, 0) is 14.3 Å². The Balaban J connectivity index is 2.26. The van der Waals surface area contributed by atoms with E-state index >= 15 is 0 Å². The van der Waals surface area contributed by atoms with Gasteiger partial charge in [-0.1, -0.05) is 36.7 Å². The Kier molecular flexibility index (Phi) is 7.43. The summed E-state index contributed by atoms with van der Waals surface area (Å²) in [7, 11) is 0. The van der Waals surface area contributed by atoms with Crippen LogP contribution in [0.4, 0.5) is 0 Å². The van der Waals surface area contributed by atoms with Gasteiger partial charge in [-0.2, -0.15) is 0 Å². The molecule has 1 aromatic rings. The van der Waals surface area contributed by atoms with Gasteiger partial charge in [-0.05, 0) is 24.6 Å². The Labute approximate surface area is 123 Å². The van der Waals surface area contributed by atoms with Gasteiger partial charge in [0.05, 0.1) is 12.8 Å². The zero-order valence-corrected chi connectivity index (χ0v) is 12.1. The molecule has 0 N–H and O–H groups in total. The van der Waals surface area contributed by atoms with E-state index in [1.165, 1.54) is 6.07 Å². The van der Waals surface area contributed by atoms with Gasteiger partial charge in [-0.15, -0.1) is 0 Å². The van der Waals surface area contributed by atoms with Crippen LogP contribution in [0.5, 0.6) is 5.75 Å². The van der Waals surface area contributed by atoms with Crippen LogP contribution in [-0.4, -0.2) is 18.5 Å². The normalized spacial score (nSPS) is 10.5. The Hall–Kier alpha value is -1.81. The molecule has 0 aliphatic carbocycles. The quantitative estimate of drug-likeness (QED) is 0.439. The van der Waals surface area contributed by atoms with Gasteiger partial charge in [0.1, 0.15) is 12.4 Å². The molecule has 4 nitrogen and oxygen atoms in total. The molecule has 0 aliphatic rings. The number of hydrogen-bond donors (Lipinski definition) is 0. The number of hydrogen-bond acceptors (Lipinski definition) is 4. The van der Waals surface area contributed by atoms with Gasteiger partial charge in [0.25, 0.3) is 0 Å². The van der Waals surface area contributed by atoms with Crippen molar-refractivity contribution < 1.29 is 19.1 Å². The van der Waals surface area contributed by atoms with Crippen molar-refractivity contribution in [3.63, 3.8) is 0 Å². The highest BCUT2D eigenvalue weighted by molar-refractivity contribution is 6.30. The van der Waals surface area contributed by atoms with E-state index < -0.39 is 11.9 Å². The van der Waals surface area contributed by atoms with Crippen molar-refractivity contribution in [3.05, 3.63) is 41.4 Å². The van der Waals surface area contributed by atoms with Crippen LogP contribution in [0.25, 0.3) is 0 Å². The third-order valence-electron chi connectivity index (χ3n) is 2.30. The Morgan fingerprint density at radius 1 is 1.20 bits per heavy atom. The lowest BCUT2D eigenvalue weighted by Crippen LogP contribution is -2.12. The fourth-order valence-corrected chi connectivity index (χ4v) is 1.55. The molecule has 0 aliphatic heterocycles. The zero-order chi connectivity index (χ0) is 14.8. The average Bonchev–Trinajstić information content (AvgIpc) is 2.41. The number of rotatable bonds is 7. The van der Waals surface area contributed by atoms with Crippen LogP contribution in [0, 0.1) is 0 Å². The van der Waals surface area contributed by atoms with Crippen molar-refractivity contribution in [1.82, 2.24) is 0 Å². The summed E-state index contributed by atoms with van der Waals surface area (Å²) >= 11 is 5.77. The molecule has 0 saturated carbocycles. The summed E-state index contributed by atoms with van der Waals surface area (Å²) in [5.74, 6) is -0.552. The van der Waals surface area contributed by atoms with Gasteiger partial charge in [-0.25, -0.2) is 0 Å². The molecule has 108 valence electrons. The lowest BCUT2D eigenvalue weighted by Gasteiger charge is -2.04. The molecule has 0 amide bonds. The largest absolute Gasteiger partial charge is 0.461 e. The molecule has 20 heavy (non-hydrogen) atoms. The Morgan fingerprint density at radius 3 is 2.65 bits per heavy atom. The molecule has 0 fully saturated rings. The predicted molar refractivity (Wildman–Crippen MR) is 76.7 cm³/mol. The lowest BCUT2D eigenvalue weighted by atomic mass is 10.3. The summed E-state index contributed by atoms with van der Waals surface area (Å²) in [4.78, 5) is 22.8. The first-order valence-electron chi connectivity index (χ1n) is 6.38. The van der Waals surface area contributed by atoms with Gasteiger partial charge < -0.3 is 9.47 Å². The molecule has 0 atom stereocenters. The molecular formula is C15H17ClO4. The summed E-state index contributed by atoms with van der Waals surface area (Å²) in [6.07, 6.45) is 4.54. The highest BCUT2D eigenvalue weighted by atomic mass is 35.5. The molecule has 0 aromatic heterocycles. The minimum atomic E-state index is -0.492. The molecule has 1 aromatic carbocycles. The molecule has 0 unspecified atom stereocenters. The Morgan fingerprint density at radius 2 is 1.95 bits per heavy atom. The average molecular weight is 297 g/mol. The van der Waals surface area contributed by atoms with Crippen molar-refractivity contribution in [2.75, 3.05) is 6.61 Å². The standard InChI is InChI=1S/C15H17ClO4/c1-2-3-4-10-19-14(17)8-9-15(18)20-13-7-5-6-12(16)11-13/h3-7,11H,2,8-10H2,1H3/b4-3-. The maximum atomic E-state index is 11.5. The second kappa shape index (κ2) is 9.15. The summed E-state index contributed by atoms with van der Waals surface area (Å²) in [6.45, 7) is 2.22. The molecule has 1 rings (SSSR count). The number of ether oxygens (including phenoxy) is 2. The zero-order valence-electron chi connectivity index (χ0n) is 11.3. The Bertz CT molecular complexity index is 483. The molecular weight excluding hydrogens is 280 g/mol. The summed E-state index contributed by atoms with van der Waals surface area (Å²) < 4.78 is 9.95. The van der Waals surface area contributed by atoms with Crippen LogP contribution in [0.2, 0.25) is 5.02 Å². The van der Waals surface area contributed by atoms with Gasteiger partial charge in [0, 0.05) is 5.02 Å². The van der Waals surface area contributed by atoms with Crippen molar-refractivity contribution in [2.45, 2.75) is 26.2 Å². The van der Waals surface area contributed by atoms with E-state index in [0.717, 1.165) is 6.42 Å². The fourth-order valence-electron chi connectivity index (χ4n) is 1.37. The second-order valence-electron chi connectivity index (χ2n) is 3.99. The number of carbonyl (C=O) groups is 2. The van der Waals surface area contributed by atoms with E-state index in [1.54, 1.807) is 24.3 Å². The number of halogens is 1. The number of carbonyl (C=O) groups excluding carboxylic acids is 2. The van der Waals surface area contributed by atoms with Crippen LogP contribution < -0.4 is 4.74 Å². The van der Waals surface area contributed by atoms with E-state index in [-0.39, 0.29) is 19.4 Å². The third-order valence-corrected chi connectivity index (χ3v) is 2.54. The number of benzene rings is 1. The van der Waals surface area contributed by atoms with Crippen LogP contribution in [0.15, 0.2) is 36.4 Å². The molecule has 0 saturated heterocycles. The van der Waals surface area contributed by atoms with Crippen LogP contribution >= 0.6 is 11.6 Å². The van der Waals surface area contributed by atoms with E-state index in [0.29, 0.717) is 10.8 Å². The molecule has 0 spiro atoms. The first kappa shape index (κ1) is 16.2. The van der Waals surface area contributed by atoms with E-state index in [1.807, 2.05) is 13.0 Å². The van der Waals surface area contributed by atoms with Gasteiger partial charge in [-0.3, -0.25) is 9.59 Å². The third kappa shape index (κ3) is 6.95. The van der Waals surface area contributed by atoms with E-state index in [9.17, 15) is 9.59 Å². The first-order chi connectivity index (χ1) is 9.61. The number of allylic oxidation sites excluding steroid dienone is 1. The summed E-state index contributed by atoms with van der Waals surface area (Å²) in [6, 6.07) is 6.52. The van der Waals surface area contributed by atoms with Gasteiger partial charge in [0.2, 0.25) is 0 Å². The first-order valence-corrected chi connectivity index (χ1v) is 6.76. The van der Waals surface area contributed by atoms with Gasteiger partial charge >= 0.3 is 11.9 Å². The minimum absolute atomic E-state index is 0.000631. The molecule has 0 heterocycles. The predicted octanol–water partition coefficient (Wildman–Crippen LogP) is 3.54. The summed E-state index contributed by atoms with van der Waals surface area (Å²) in [5, 5.41) is 0.484. The highest BCUT2D eigenvalue weighted by Crippen LogP contribution is 2.17. The van der Waals surface area contributed by atoms with E-state index in [4.69, 9.17) is 21.1 Å². The van der Waals surface area contributed by atoms with Gasteiger partial charge in [0.15, 0.2) is 0 Å². The molecule has 0 radical (unpaired) electrons. The summed E-state index contributed by atoms with van der Waals surface area (Å²) in [5.41, 5.74) is 0. The van der Waals surface area contributed by atoms with E-state index in [2.05, 4.69) is 0 Å². The van der Waals surface area contributed by atoms with Crippen molar-refractivity contribution >= 4 is 23.5 Å². The number of esters is 2. The maximum Gasteiger partial charge on any atom is 0.311 e. The van der Waals surface area contributed by atoms with Crippen LogP contribution in [0.3, 0.4) is 0 Å². The molecule has 0 bridgehead atoms. The smallest absolute Gasteiger partial charge is 0.311 e. The monoisotopic (exact) mass is 296 g/mol. The highest BCUT2D eigenvalue weighted by Gasteiger charge is 2.09. The maximum absolute atomic E-state index is 11.5. The topological polar surface area (TPSA) is 52.6 Å². The minimum Gasteiger partial charge on any atom is -0.461 e. The lowest BCUT2D eigenvalue weighted by molar-refractivity contribution is -0.145. The molecule has 5 heteroatoms. The van der Waals surface area contributed by atoms with Crippen molar-refractivity contribution in [3.8, 4) is 5.75 Å². The SMILES string of the molecule is CC/C=C\COC(=O)CCC(=O)Oc1cccc(Cl)c1. The van der Waals surface area contributed by atoms with Crippen LogP contribution in [0.1, 0.15) is 26.2 Å².